The number of carbonyl (C=O) groups excluding carboxylic acids is 1. The SMILES string of the molecule is COCC(N)=N[C@@H]1CCCC[C@@H]1Nc1nc(C(=O)NCC(C)(C)C)nc2ccc(C)cc12.Cl.Cl. The first-order valence-corrected chi connectivity index (χ1v) is 11.3. The quantitative estimate of drug-likeness (QED) is 0.376. The number of nitrogens with two attached hydrogens (primary N) is 1. The molecule has 3 rings (SSSR count). The summed E-state index contributed by atoms with van der Waals surface area (Å²) in [7, 11) is 1.61. The number of amides is 1. The first-order chi connectivity index (χ1) is 15.2. The second-order valence-corrected chi connectivity index (χ2v) is 9.82. The lowest BCUT2D eigenvalue weighted by Gasteiger charge is -2.30. The van der Waals surface area contributed by atoms with Crippen LogP contribution in [0, 0.1) is 12.3 Å². The number of aromatic nitrogens is 2. The molecule has 190 valence electrons. The minimum absolute atomic E-state index is 0. The average Bonchev–Trinajstić information content (AvgIpc) is 2.73. The molecule has 2 aromatic rings. The van der Waals surface area contributed by atoms with Gasteiger partial charge in [0.2, 0.25) is 5.82 Å². The second kappa shape index (κ2) is 13.1. The summed E-state index contributed by atoms with van der Waals surface area (Å²) in [6.45, 7) is 9.11. The van der Waals surface area contributed by atoms with Crippen molar-refractivity contribution in [1.29, 1.82) is 0 Å². The molecule has 4 N–H and O–H groups in total. The number of hydrogen-bond donors (Lipinski definition) is 3. The van der Waals surface area contributed by atoms with Crippen LogP contribution in [0.3, 0.4) is 0 Å². The fourth-order valence-corrected chi connectivity index (χ4v) is 3.89. The molecular formula is C24H38Cl2N6O2. The number of carbonyl (C=O) groups is 1. The minimum Gasteiger partial charge on any atom is -0.386 e. The predicted octanol–water partition coefficient (Wildman–Crippen LogP) is 4.28. The van der Waals surface area contributed by atoms with Crippen molar-refractivity contribution in [3.63, 3.8) is 0 Å². The summed E-state index contributed by atoms with van der Waals surface area (Å²) in [6.07, 6.45) is 4.12. The van der Waals surface area contributed by atoms with Gasteiger partial charge in [-0.3, -0.25) is 9.79 Å². The van der Waals surface area contributed by atoms with E-state index in [1.165, 1.54) is 0 Å². The summed E-state index contributed by atoms with van der Waals surface area (Å²) in [5.74, 6) is 1.06. The molecule has 10 heteroatoms. The van der Waals surface area contributed by atoms with Crippen LogP contribution in [0.2, 0.25) is 0 Å². The molecule has 0 bridgehead atoms. The Labute approximate surface area is 214 Å². The minimum atomic E-state index is -0.270. The fourth-order valence-electron chi connectivity index (χ4n) is 3.89. The van der Waals surface area contributed by atoms with E-state index in [9.17, 15) is 4.79 Å². The number of anilines is 1. The second-order valence-electron chi connectivity index (χ2n) is 9.82. The number of methoxy groups -OCH3 is 1. The zero-order valence-corrected chi connectivity index (χ0v) is 22.3. The van der Waals surface area contributed by atoms with Crippen molar-refractivity contribution in [1.82, 2.24) is 15.3 Å². The molecule has 1 heterocycles. The van der Waals surface area contributed by atoms with Crippen LogP contribution in [-0.2, 0) is 4.74 Å². The van der Waals surface area contributed by atoms with Gasteiger partial charge in [0, 0.05) is 25.1 Å². The molecule has 1 fully saturated rings. The molecule has 1 aliphatic rings. The summed E-state index contributed by atoms with van der Waals surface area (Å²) in [4.78, 5) is 26.7. The summed E-state index contributed by atoms with van der Waals surface area (Å²) in [6, 6.07) is 6.09. The molecule has 1 saturated carbocycles. The maximum Gasteiger partial charge on any atom is 0.289 e. The lowest BCUT2D eigenvalue weighted by Crippen LogP contribution is -2.38. The topological polar surface area (TPSA) is 115 Å². The summed E-state index contributed by atoms with van der Waals surface area (Å²) >= 11 is 0. The van der Waals surface area contributed by atoms with E-state index >= 15 is 0 Å². The van der Waals surface area contributed by atoms with Gasteiger partial charge in [-0.1, -0.05) is 45.2 Å². The van der Waals surface area contributed by atoms with Crippen LogP contribution in [0.25, 0.3) is 10.9 Å². The average molecular weight is 514 g/mol. The molecule has 0 unspecified atom stereocenters. The van der Waals surface area contributed by atoms with Crippen LogP contribution in [0.1, 0.15) is 62.6 Å². The number of aryl methyl sites for hydroxylation is 1. The smallest absolute Gasteiger partial charge is 0.289 e. The highest BCUT2D eigenvalue weighted by atomic mass is 35.5. The Hall–Kier alpha value is -2.16. The number of amidine groups is 1. The Morgan fingerprint density at radius 2 is 1.91 bits per heavy atom. The zero-order chi connectivity index (χ0) is 23.3. The molecule has 2 atom stereocenters. The van der Waals surface area contributed by atoms with E-state index in [0.717, 1.165) is 42.1 Å². The van der Waals surface area contributed by atoms with E-state index in [-0.39, 0.29) is 54.0 Å². The number of halogens is 2. The van der Waals surface area contributed by atoms with E-state index in [0.29, 0.717) is 24.8 Å². The van der Waals surface area contributed by atoms with Crippen molar-refractivity contribution in [3.8, 4) is 0 Å². The Morgan fingerprint density at radius 1 is 1.21 bits per heavy atom. The highest BCUT2D eigenvalue weighted by Crippen LogP contribution is 2.28. The van der Waals surface area contributed by atoms with Gasteiger partial charge in [0.1, 0.15) is 18.3 Å². The molecule has 1 aliphatic carbocycles. The van der Waals surface area contributed by atoms with Gasteiger partial charge in [0.15, 0.2) is 0 Å². The number of rotatable bonds is 7. The molecule has 0 spiro atoms. The maximum atomic E-state index is 12.8. The summed E-state index contributed by atoms with van der Waals surface area (Å²) in [5.41, 5.74) is 7.85. The number of nitrogens with one attached hydrogen (secondary N) is 2. The van der Waals surface area contributed by atoms with Crippen LogP contribution in [0.5, 0.6) is 0 Å². The predicted molar refractivity (Wildman–Crippen MR) is 144 cm³/mol. The largest absolute Gasteiger partial charge is 0.386 e. The summed E-state index contributed by atoms with van der Waals surface area (Å²) < 4.78 is 5.12. The number of nitrogens with zero attached hydrogens (tertiary/aromatic N) is 3. The van der Waals surface area contributed by atoms with Crippen molar-refractivity contribution in [2.24, 2.45) is 16.1 Å². The number of ether oxygens (including phenoxy) is 1. The van der Waals surface area contributed by atoms with Crippen molar-refractivity contribution in [2.75, 3.05) is 25.6 Å². The highest BCUT2D eigenvalue weighted by molar-refractivity contribution is 5.96. The monoisotopic (exact) mass is 512 g/mol. The van der Waals surface area contributed by atoms with E-state index in [4.69, 9.17) is 15.5 Å². The third kappa shape index (κ3) is 8.25. The van der Waals surface area contributed by atoms with Gasteiger partial charge in [-0.15, -0.1) is 24.8 Å². The third-order valence-corrected chi connectivity index (χ3v) is 5.51. The van der Waals surface area contributed by atoms with Crippen LogP contribution in [-0.4, -0.2) is 54.1 Å². The van der Waals surface area contributed by atoms with Gasteiger partial charge in [-0.25, -0.2) is 9.97 Å². The van der Waals surface area contributed by atoms with Gasteiger partial charge >= 0.3 is 0 Å². The Morgan fingerprint density at radius 3 is 2.59 bits per heavy atom. The van der Waals surface area contributed by atoms with Gasteiger partial charge in [-0.05, 0) is 37.3 Å². The Bertz CT molecular complexity index is 993. The third-order valence-electron chi connectivity index (χ3n) is 5.51. The molecule has 1 amide bonds. The standard InChI is InChI=1S/C24H36N6O2.2ClH/c1-15-10-11-17-16(12-15)21(30-22(28-17)23(31)26-14-24(2,3)4)29-19-9-7-6-8-18(19)27-20(25)13-32-5;;/h10-12,18-19H,6-9,13-14H2,1-5H3,(H2,25,27)(H,26,31)(H,28,29,30);2*1H/t18-,19+;;/m1../s1. The molecule has 0 radical (unpaired) electrons. The van der Waals surface area contributed by atoms with Crippen LogP contribution in [0.4, 0.5) is 5.82 Å². The number of fused-ring (bicyclic) bond motifs is 1. The van der Waals surface area contributed by atoms with Crippen molar-refractivity contribution in [3.05, 3.63) is 29.6 Å². The molecule has 0 aliphatic heterocycles. The molecule has 1 aromatic heterocycles. The molecule has 34 heavy (non-hydrogen) atoms. The Balaban J connectivity index is 0.00000289. The normalized spacial score (nSPS) is 18.6. The lowest BCUT2D eigenvalue weighted by molar-refractivity contribution is 0.0929. The fraction of sp³-hybridized carbons (Fsp3) is 0.583. The van der Waals surface area contributed by atoms with Crippen molar-refractivity contribution in [2.45, 2.75) is 65.5 Å². The molecule has 0 saturated heterocycles. The first-order valence-electron chi connectivity index (χ1n) is 11.3. The van der Waals surface area contributed by atoms with Crippen LogP contribution in [0.15, 0.2) is 23.2 Å². The first kappa shape index (κ1) is 29.9. The Kier molecular flexibility index (Phi) is 11.5. The van der Waals surface area contributed by atoms with E-state index in [2.05, 4.69) is 47.4 Å². The molecular weight excluding hydrogens is 475 g/mol. The summed E-state index contributed by atoms with van der Waals surface area (Å²) in [5, 5.41) is 7.43. The molecule has 1 aromatic carbocycles. The van der Waals surface area contributed by atoms with Gasteiger partial charge < -0.3 is 21.1 Å². The van der Waals surface area contributed by atoms with Crippen LogP contribution >= 0.6 is 24.8 Å². The van der Waals surface area contributed by atoms with E-state index in [1.807, 2.05) is 19.1 Å². The molecule has 8 nitrogen and oxygen atoms in total. The number of aliphatic imine (C=N–C) groups is 1. The van der Waals surface area contributed by atoms with Crippen molar-refractivity contribution < 1.29 is 9.53 Å². The van der Waals surface area contributed by atoms with Crippen molar-refractivity contribution >= 4 is 53.3 Å². The number of benzene rings is 1. The number of hydrogen-bond acceptors (Lipinski definition) is 6. The van der Waals surface area contributed by atoms with Gasteiger partial charge in [-0.2, -0.15) is 0 Å². The van der Waals surface area contributed by atoms with Crippen LogP contribution < -0.4 is 16.4 Å². The zero-order valence-electron chi connectivity index (χ0n) is 20.7. The van der Waals surface area contributed by atoms with Gasteiger partial charge in [0.25, 0.3) is 5.91 Å². The highest BCUT2D eigenvalue weighted by Gasteiger charge is 2.27. The maximum absolute atomic E-state index is 12.8. The van der Waals surface area contributed by atoms with Gasteiger partial charge in [0.05, 0.1) is 11.6 Å². The van der Waals surface area contributed by atoms with E-state index in [1.54, 1.807) is 7.11 Å². The lowest BCUT2D eigenvalue weighted by atomic mass is 9.90. The van der Waals surface area contributed by atoms with E-state index < -0.39 is 0 Å².